The van der Waals surface area contributed by atoms with Crippen LogP contribution >= 0.6 is 0 Å². The summed E-state index contributed by atoms with van der Waals surface area (Å²) in [7, 11) is 4.56. The summed E-state index contributed by atoms with van der Waals surface area (Å²) in [6, 6.07) is 13.5. The number of hydrogen-bond donors (Lipinski definition) is 0. The summed E-state index contributed by atoms with van der Waals surface area (Å²) < 4.78 is 21.3. The Morgan fingerprint density at radius 1 is 0.909 bits per heavy atom. The van der Waals surface area contributed by atoms with Crippen LogP contribution in [0.2, 0.25) is 0 Å². The normalized spacial score (nSPS) is 14.7. The zero-order valence-electron chi connectivity index (χ0n) is 19.4. The molecule has 1 amide bonds. The first kappa shape index (κ1) is 24.0. The van der Waals surface area contributed by atoms with E-state index in [-0.39, 0.29) is 5.91 Å². The maximum Gasteiger partial charge on any atom is 0.331 e. The third-order valence-electron chi connectivity index (χ3n) is 5.45. The van der Waals surface area contributed by atoms with Gasteiger partial charge < -0.3 is 28.7 Å². The summed E-state index contributed by atoms with van der Waals surface area (Å²) in [6.07, 6.45) is 1.98. The molecule has 0 bridgehead atoms. The molecule has 33 heavy (non-hydrogen) atoms. The smallest absolute Gasteiger partial charge is 0.331 e. The van der Waals surface area contributed by atoms with Gasteiger partial charge in [0.15, 0.2) is 17.6 Å². The van der Waals surface area contributed by atoms with Gasteiger partial charge in [-0.1, -0.05) is 18.2 Å². The van der Waals surface area contributed by atoms with Crippen LogP contribution in [0.5, 0.6) is 17.2 Å². The topological polar surface area (TPSA) is 77.5 Å². The lowest BCUT2D eigenvalue weighted by atomic mass is 10.1. The van der Waals surface area contributed by atoms with Crippen LogP contribution in [0.4, 0.5) is 5.69 Å². The van der Waals surface area contributed by atoms with Crippen molar-refractivity contribution in [1.82, 2.24) is 4.90 Å². The van der Waals surface area contributed by atoms with Crippen molar-refractivity contribution < 1.29 is 28.5 Å². The molecule has 1 aliphatic heterocycles. The lowest BCUT2D eigenvalue weighted by Crippen LogP contribution is -2.51. The molecule has 1 atom stereocenters. The highest BCUT2D eigenvalue weighted by atomic mass is 16.5. The second-order valence-electron chi connectivity index (χ2n) is 7.52. The molecule has 176 valence electrons. The first-order valence-corrected chi connectivity index (χ1v) is 10.7. The monoisotopic (exact) mass is 454 g/mol. The van der Waals surface area contributed by atoms with E-state index < -0.39 is 12.1 Å². The number of carbonyl (C=O) groups excluding carboxylic acids is 2. The Kier molecular flexibility index (Phi) is 8.18. The molecule has 8 nitrogen and oxygen atoms in total. The van der Waals surface area contributed by atoms with E-state index >= 15 is 0 Å². The van der Waals surface area contributed by atoms with Crippen LogP contribution in [0.15, 0.2) is 48.5 Å². The molecule has 0 aromatic heterocycles. The van der Waals surface area contributed by atoms with Gasteiger partial charge >= 0.3 is 5.97 Å². The van der Waals surface area contributed by atoms with Gasteiger partial charge in [-0.25, -0.2) is 4.79 Å². The van der Waals surface area contributed by atoms with Gasteiger partial charge in [-0.05, 0) is 42.8 Å². The predicted molar refractivity (Wildman–Crippen MR) is 126 cm³/mol. The second-order valence-corrected chi connectivity index (χ2v) is 7.52. The molecule has 0 N–H and O–H groups in total. The molecule has 8 heteroatoms. The number of piperazine rings is 1. The van der Waals surface area contributed by atoms with Crippen molar-refractivity contribution in [2.75, 3.05) is 52.4 Å². The van der Waals surface area contributed by atoms with E-state index in [2.05, 4.69) is 17.0 Å². The molecule has 2 aromatic rings. The highest BCUT2D eigenvalue weighted by molar-refractivity contribution is 5.90. The van der Waals surface area contributed by atoms with Crippen molar-refractivity contribution in [3.63, 3.8) is 0 Å². The SMILES string of the molecule is COc1cc(/C=C/C(=O)OC(C)C(=O)N2CCN(c3ccccc3)CC2)cc(OC)c1OC. The minimum Gasteiger partial charge on any atom is -0.493 e. The van der Waals surface area contributed by atoms with Crippen molar-refractivity contribution in [2.24, 2.45) is 0 Å². The van der Waals surface area contributed by atoms with E-state index in [1.54, 1.807) is 30.0 Å². The molecule has 3 rings (SSSR count). The van der Waals surface area contributed by atoms with Gasteiger partial charge in [0, 0.05) is 37.9 Å². The average Bonchev–Trinajstić information content (AvgIpc) is 2.86. The van der Waals surface area contributed by atoms with Gasteiger partial charge in [0.1, 0.15) is 0 Å². The number of esters is 1. The quantitative estimate of drug-likeness (QED) is 0.448. The second kappa shape index (κ2) is 11.3. The number of hydrogen-bond acceptors (Lipinski definition) is 7. The molecule has 0 aliphatic carbocycles. The van der Waals surface area contributed by atoms with E-state index in [1.165, 1.54) is 27.4 Å². The summed E-state index contributed by atoms with van der Waals surface area (Å²) in [6.45, 7) is 4.22. The number of methoxy groups -OCH3 is 3. The predicted octanol–water partition coefficient (Wildman–Crippen LogP) is 3.01. The number of benzene rings is 2. The lowest BCUT2D eigenvalue weighted by Gasteiger charge is -2.36. The van der Waals surface area contributed by atoms with E-state index in [1.807, 2.05) is 18.2 Å². The molecule has 0 spiro atoms. The summed E-state index contributed by atoms with van der Waals surface area (Å²) in [5.74, 6) is 0.613. The third kappa shape index (κ3) is 5.97. The van der Waals surface area contributed by atoms with Crippen molar-refractivity contribution in [3.8, 4) is 17.2 Å². The molecular weight excluding hydrogens is 424 g/mol. The van der Waals surface area contributed by atoms with Crippen molar-refractivity contribution in [3.05, 3.63) is 54.1 Å². The number of carbonyl (C=O) groups is 2. The van der Waals surface area contributed by atoms with Gasteiger partial charge in [0.25, 0.3) is 5.91 Å². The maximum atomic E-state index is 12.7. The van der Waals surface area contributed by atoms with Gasteiger partial charge in [-0.15, -0.1) is 0 Å². The summed E-state index contributed by atoms with van der Waals surface area (Å²) >= 11 is 0. The van der Waals surface area contributed by atoms with Gasteiger partial charge in [0.05, 0.1) is 21.3 Å². The Morgan fingerprint density at radius 3 is 2.06 bits per heavy atom. The molecule has 1 aliphatic rings. The van der Waals surface area contributed by atoms with E-state index in [9.17, 15) is 9.59 Å². The minimum atomic E-state index is -0.870. The third-order valence-corrected chi connectivity index (χ3v) is 5.45. The van der Waals surface area contributed by atoms with Crippen LogP contribution in [0, 0.1) is 0 Å². The van der Waals surface area contributed by atoms with Crippen molar-refractivity contribution in [2.45, 2.75) is 13.0 Å². The Labute approximate surface area is 194 Å². The fraction of sp³-hybridized carbons (Fsp3) is 0.360. The Bertz CT molecular complexity index is 959. The van der Waals surface area contributed by atoms with Crippen molar-refractivity contribution in [1.29, 1.82) is 0 Å². The van der Waals surface area contributed by atoms with E-state index in [0.717, 1.165) is 18.8 Å². The maximum absolute atomic E-state index is 12.7. The van der Waals surface area contributed by atoms with E-state index in [4.69, 9.17) is 18.9 Å². The van der Waals surface area contributed by atoms with Gasteiger partial charge in [-0.2, -0.15) is 0 Å². The summed E-state index contributed by atoms with van der Waals surface area (Å²) in [5, 5.41) is 0. The molecule has 1 saturated heterocycles. The first-order chi connectivity index (χ1) is 16.0. The largest absolute Gasteiger partial charge is 0.493 e. The zero-order chi connectivity index (χ0) is 23.8. The average molecular weight is 455 g/mol. The number of amides is 1. The zero-order valence-corrected chi connectivity index (χ0v) is 19.4. The summed E-state index contributed by atoms with van der Waals surface area (Å²) in [4.78, 5) is 29.0. The highest BCUT2D eigenvalue weighted by Gasteiger charge is 2.27. The van der Waals surface area contributed by atoms with Crippen LogP contribution < -0.4 is 19.1 Å². The van der Waals surface area contributed by atoms with Gasteiger partial charge in [-0.3, -0.25) is 4.79 Å². The molecule has 0 radical (unpaired) electrons. The van der Waals surface area contributed by atoms with Crippen LogP contribution in [0.3, 0.4) is 0 Å². The molecule has 1 heterocycles. The lowest BCUT2D eigenvalue weighted by molar-refractivity contribution is -0.155. The number of nitrogens with zero attached hydrogens (tertiary/aromatic N) is 2. The molecular formula is C25H30N2O6. The Balaban J connectivity index is 1.55. The Hall–Kier alpha value is -3.68. The van der Waals surface area contributed by atoms with Gasteiger partial charge in [0.2, 0.25) is 5.75 Å². The Morgan fingerprint density at radius 2 is 1.52 bits per heavy atom. The number of rotatable bonds is 8. The van der Waals surface area contributed by atoms with Crippen molar-refractivity contribution >= 4 is 23.6 Å². The van der Waals surface area contributed by atoms with Crippen LogP contribution in [0.25, 0.3) is 6.08 Å². The first-order valence-electron chi connectivity index (χ1n) is 10.7. The molecule has 1 unspecified atom stereocenters. The summed E-state index contributed by atoms with van der Waals surface area (Å²) in [5.41, 5.74) is 1.80. The van der Waals surface area contributed by atoms with Crippen LogP contribution in [-0.2, 0) is 14.3 Å². The minimum absolute atomic E-state index is 0.197. The molecule has 2 aromatic carbocycles. The molecule has 0 saturated carbocycles. The number of para-hydroxylation sites is 1. The highest BCUT2D eigenvalue weighted by Crippen LogP contribution is 2.38. The standard InChI is InChI=1S/C25H30N2O6/c1-18(25(29)27-14-12-26(13-15-27)20-8-6-5-7-9-20)33-23(28)11-10-19-16-21(30-2)24(32-4)22(17-19)31-3/h5-11,16-18H,12-15H2,1-4H3/b11-10+. The van der Waals surface area contributed by atoms with E-state index in [0.29, 0.717) is 35.9 Å². The fourth-order valence-corrected chi connectivity index (χ4v) is 3.71. The van der Waals surface area contributed by atoms with Crippen LogP contribution in [-0.4, -0.2) is 70.4 Å². The van der Waals surface area contributed by atoms with Crippen LogP contribution in [0.1, 0.15) is 12.5 Å². The number of anilines is 1. The molecule has 1 fully saturated rings. The number of ether oxygens (including phenoxy) is 4. The fourth-order valence-electron chi connectivity index (χ4n) is 3.71.